The standard InChI is InChI=1S/C25H29N3O4/c1-26-23(29)22-19-10-12-27(24(30)20-13-18-7-8-21(20)32-18)14-17(19)15-28(25(22)31)11-9-16-5-3-2-4-6-16/h2-6,15,18,20-21H,7-14H2,1H3,(H,26,29)/t18-,20+,21+/m0/s1. The molecule has 3 aliphatic heterocycles. The number of benzene rings is 1. The van der Waals surface area contributed by atoms with E-state index in [1.165, 1.54) is 0 Å². The van der Waals surface area contributed by atoms with Gasteiger partial charge in [0.1, 0.15) is 5.56 Å². The predicted octanol–water partition coefficient (Wildman–Crippen LogP) is 1.90. The van der Waals surface area contributed by atoms with Crippen LogP contribution in [-0.2, 0) is 35.5 Å². The van der Waals surface area contributed by atoms with Gasteiger partial charge in [0.05, 0.1) is 18.1 Å². The average Bonchev–Trinajstić information content (AvgIpc) is 3.46. The molecule has 2 amide bonds. The Morgan fingerprint density at radius 2 is 2.00 bits per heavy atom. The molecule has 0 radical (unpaired) electrons. The van der Waals surface area contributed by atoms with Crippen LogP contribution in [0.1, 0.15) is 46.3 Å². The first-order chi connectivity index (χ1) is 15.5. The third-order valence-corrected chi connectivity index (χ3v) is 7.14. The summed E-state index contributed by atoms with van der Waals surface area (Å²) in [5.74, 6) is -0.273. The number of aryl methyl sites for hydroxylation is 2. The fraction of sp³-hybridized carbons (Fsp3) is 0.480. The maximum Gasteiger partial charge on any atom is 0.263 e. The highest BCUT2D eigenvalue weighted by Crippen LogP contribution is 2.40. The number of ether oxygens (including phenoxy) is 1. The molecule has 0 saturated carbocycles. The molecule has 0 aliphatic carbocycles. The number of carbonyl (C=O) groups excluding carboxylic acids is 2. The monoisotopic (exact) mass is 435 g/mol. The zero-order valence-corrected chi connectivity index (χ0v) is 18.4. The molecular weight excluding hydrogens is 406 g/mol. The Morgan fingerprint density at radius 1 is 1.19 bits per heavy atom. The molecule has 0 unspecified atom stereocenters. The summed E-state index contributed by atoms with van der Waals surface area (Å²) in [5.41, 5.74) is 2.75. The highest BCUT2D eigenvalue weighted by Gasteiger charge is 2.46. The molecule has 4 heterocycles. The average molecular weight is 436 g/mol. The van der Waals surface area contributed by atoms with E-state index in [-0.39, 0.29) is 41.1 Å². The molecule has 7 nitrogen and oxygen atoms in total. The third-order valence-electron chi connectivity index (χ3n) is 7.14. The number of hydrogen-bond donors (Lipinski definition) is 1. The van der Waals surface area contributed by atoms with Crippen molar-refractivity contribution in [3.63, 3.8) is 0 Å². The van der Waals surface area contributed by atoms with Crippen LogP contribution in [0.5, 0.6) is 0 Å². The summed E-state index contributed by atoms with van der Waals surface area (Å²) in [7, 11) is 1.54. The van der Waals surface area contributed by atoms with Gasteiger partial charge >= 0.3 is 0 Å². The van der Waals surface area contributed by atoms with Gasteiger partial charge in [-0.3, -0.25) is 14.4 Å². The Bertz CT molecular complexity index is 1090. The molecule has 3 atom stereocenters. The highest BCUT2D eigenvalue weighted by atomic mass is 16.5. The van der Waals surface area contributed by atoms with Gasteiger partial charge in [0.15, 0.2) is 0 Å². The van der Waals surface area contributed by atoms with E-state index in [1.807, 2.05) is 41.4 Å². The second kappa shape index (κ2) is 8.54. The number of hydrogen-bond acceptors (Lipinski definition) is 4. The quantitative estimate of drug-likeness (QED) is 0.778. The lowest BCUT2D eigenvalue weighted by molar-refractivity contribution is -0.138. The molecule has 2 saturated heterocycles. The number of carbonyl (C=O) groups is 2. The van der Waals surface area contributed by atoms with Gasteiger partial charge in [-0.25, -0.2) is 0 Å². The van der Waals surface area contributed by atoms with E-state index < -0.39 is 0 Å². The van der Waals surface area contributed by atoms with Gasteiger partial charge in [-0.2, -0.15) is 0 Å². The minimum atomic E-state index is -0.360. The Hall–Kier alpha value is -2.93. The van der Waals surface area contributed by atoms with Crippen LogP contribution in [0.3, 0.4) is 0 Å². The molecule has 3 aliphatic rings. The zero-order valence-electron chi connectivity index (χ0n) is 18.4. The molecule has 5 rings (SSSR count). The minimum Gasteiger partial charge on any atom is -0.374 e. The van der Waals surface area contributed by atoms with Crippen LogP contribution in [0.4, 0.5) is 0 Å². The number of aromatic nitrogens is 1. The predicted molar refractivity (Wildman–Crippen MR) is 119 cm³/mol. The van der Waals surface area contributed by atoms with E-state index in [2.05, 4.69) is 5.32 Å². The fourth-order valence-electron chi connectivity index (χ4n) is 5.45. The molecule has 2 fully saturated rings. The first-order valence-electron chi connectivity index (χ1n) is 11.5. The summed E-state index contributed by atoms with van der Waals surface area (Å²) < 4.78 is 7.52. The van der Waals surface area contributed by atoms with E-state index in [0.29, 0.717) is 32.5 Å². The van der Waals surface area contributed by atoms with Crippen molar-refractivity contribution in [3.8, 4) is 0 Å². The maximum absolute atomic E-state index is 13.2. The Labute approximate surface area is 187 Å². The summed E-state index contributed by atoms with van der Waals surface area (Å²) in [6.45, 7) is 1.43. The van der Waals surface area contributed by atoms with Crippen LogP contribution < -0.4 is 10.9 Å². The first kappa shape index (κ1) is 20.9. The van der Waals surface area contributed by atoms with E-state index >= 15 is 0 Å². The normalized spacial score (nSPS) is 23.8. The molecule has 0 spiro atoms. The number of nitrogens with one attached hydrogen (secondary N) is 1. The number of pyridine rings is 1. The van der Waals surface area contributed by atoms with Gasteiger partial charge in [-0.05, 0) is 48.8 Å². The summed E-state index contributed by atoms with van der Waals surface area (Å²) in [6.07, 6.45) is 6.17. The van der Waals surface area contributed by atoms with Crippen molar-refractivity contribution in [1.29, 1.82) is 0 Å². The third kappa shape index (κ3) is 3.75. The Balaban J connectivity index is 1.42. The first-order valence-corrected chi connectivity index (χ1v) is 11.5. The highest BCUT2D eigenvalue weighted by molar-refractivity contribution is 5.95. The molecule has 1 N–H and O–H groups in total. The molecule has 2 bridgehead atoms. The Kier molecular flexibility index (Phi) is 5.59. The van der Waals surface area contributed by atoms with Crippen LogP contribution in [0.25, 0.3) is 0 Å². The second-order valence-corrected chi connectivity index (χ2v) is 9.05. The molecule has 2 aromatic rings. The lowest BCUT2D eigenvalue weighted by Gasteiger charge is -2.33. The lowest BCUT2D eigenvalue weighted by atomic mass is 9.87. The smallest absolute Gasteiger partial charge is 0.263 e. The van der Waals surface area contributed by atoms with Gasteiger partial charge in [-0.15, -0.1) is 0 Å². The molecule has 1 aromatic heterocycles. The van der Waals surface area contributed by atoms with E-state index in [4.69, 9.17) is 4.74 Å². The van der Waals surface area contributed by atoms with Gasteiger partial charge < -0.3 is 19.5 Å². The van der Waals surface area contributed by atoms with E-state index in [9.17, 15) is 14.4 Å². The largest absolute Gasteiger partial charge is 0.374 e. The van der Waals surface area contributed by atoms with Crippen molar-refractivity contribution in [2.24, 2.45) is 5.92 Å². The van der Waals surface area contributed by atoms with Gasteiger partial charge in [0.2, 0.25) is 5.91 Å². The molecule has 1 aromatic carbocycles. The van der Waals surface area contributed by atoms with Crippen LogP contribution >= 0.6 is 0 Å². The summed E-state index contributed by atoms with van der Waals surface area (Å²) in [6, 6.07) is 9.97. The second-order valence-electron chi connectivity index (χ2n) is 9.05. The molecule has 168 valence electrons. The Morgan fingerprint density at radius 3 is 2.69 bits per heavy atom. The van der Waals surface area contributed by atoms with Gasteiger partial charge in [0, 0.05) is 32.9 Å². The molecular formula is C25H29N3O4. The summed E-state index contributed by atoms with van der Waals surface area (Å²) >= 11 is 0. The number of rotatable bonds is 5. The van der Waals surface area contributed by atoms with Crippen LogP contribution in [0.2, 0.25) is 0 Å². The topological polar surface area (TPSA) is 80.6 Å². The van der Waals surface area contributed by atoms with E-state index in [0.717, 1.165) is 36.0 Å². The minimum absolute atomic E-state index is 0.0511. The van der Waals surface area contributed by atoms with Crippen LogP contribution in [0, 0.1) is 5.92 Å². The van der Waals surface area contributed by atoms with Crippen LogP contribution in [0.15, 0.2) is 41.3 Å². The van der Waals surface area contributed by atoms with Crippen molar-refractivity contribution in [2.75, 3.05) is 13.6 Å². The van der Waals surface area contributed by atoms with Crippen molar-refractivity contribution in [2.45, 2.75) is 57.4 Å². The number of amides is 2. The lowest BCUT2D eigenvalue weighted by Crippen LogP contribution is -2.44. The SMILES string of the molecule is CNC(=O)c1c2c(cn(CCc3ccccc3)c1=O)CN(C(=O)[C@@H]1C[C@@H]3CC[C@H]1O3)CC2. The fourth-order valence-corrected chi connectivity index (χ4v) is 5.45. The van der Waals surface area contributed by atoms with Crippen molar-refractivity contribution in [1.82, 2.24) is 14.8 Å². The molecule has 7 heteroatoms. The van der Waals surface area contributed by atoms with Gasteiger partial charge in [0.25, 0.3) is 11.5 Å². The summed E-state index contributed by atoms with van der Waals surface area (Å²) in [4.78, 5) is 40.9. The number of nitrogens with zero attached hydrogens (tertiary/aromatic N) is 2. The van der Waals surface area contributed by atoms with Crippen molar-refractivity contribution >= 4 is 11.8 Å². The van der Waals surface area contributed by atoms with Crippen molar-refractivity contribution < 1.29 is 14.3 Å². The zero-order chi connectivity index (χ0) is 22.2. The summed E-state index contributed by atoms with van der Waals surface area (Å²) in [5, 5.41) is 2.62. The molecule has 32 heavy (non-hydrogen) atoms. The van der Waals surface area contributed by atoms with Crippen LogP contribution in [-0.4, -0.2) is 47.1 Å². The van der Waals surface area contributed by atoms with Crippen molar-refractivity contribution in [3.05, 3.63) is 69.1 Å². The maximum atomic E-state index is 13.2. The number of fused-ring (bicyclic) bond motifs is 3. The van der Waals surface area contributed by atoms with E-state index in [1.54, 1.807) is 11.6 Å². The van der Waals surface area contributed by atoms with Gasteiger partial charge in [-0.1, -0.05) is 30.3 Å².